The van der Waals surface area contributed by atoms with Crippen molar-refractivity contribution < 1.29 is 73.6 Å². The standard InChI is InChI=1S/C16H13NO3S.C7H9ClN2O3S.C7H8ClNO3S.C7H10N2O3S.C7H9NO5S2.CH4/c18-21(19,20)15-11-5-7-12-6-4-10-14(16(12)15)17-13-8-2-1-3-9-13;1-4-2-7(14(11,12)13)5(8)3-6(4)10-9;1-9-7-3-2-5(4-6(7)8)13(10,11)12;1-5-2-3-6(13(10,11)12)4-7(5)9-8;1-14(9,10)5-2-3-7(6(8)4-5)15(11,12)13;/h1-11,17H,(H,18,19,20);2-3,10H,9H2,1H3,(H,11,12,13);2-4,9H,1H3,(H,10,11,12);2-4,9H,8H2,1H3,(H,10,11,12);2-4H,1,8H2,(H,9,10)(H,11,12,13);1H4. The Morgan fingerprint density at radius 3 is 1.43 bits per heavy atom. The highest BCUT2D eigenvalue weighted by Gasteiger charge is 2.19. The van der Waals surface area contributed by atoms with Gasteiger partial charge in [-0.05, 0) is 121 Å². The fraction of sp³-hybridized carbons (Fsp3) is 0.0889. The van der Waals surface area contributed by atoms with Gasteiger partial charge in [0.2, 0.25) is 0 Å². The van der Waals surface area contributed by atoms with E-state index in [0.717, 1.165) is 34.8 Å². The van der Waals surface area contributed by atoms with Gasteiger partial charge in [0.1, 0.15) is 24.5 Å². The Morgan fingerprint density at radius 2 is 0.961 bits per heavy atom. The molecule has 0 spiro atoms. The van der Waals surface area contributed by atoms with E-state index in [1.807, 2.05) is 36.4 Å². The third kappa shape index (κ3) is 20.0. The van der Waals surface area contributed by atoms with Crippen LogP contribution in [0.4, 0.5) is 34.1 Å². The van der Waals surface area contributed by atoms with Crippen molar-refractivity contribution in [1.29, 1.82) is 0 Å². The summed E-state index contributed by atoms with van der Waals surface area (Å²) < 4.78 is 173. The van der Waals surface area contributed by atoms with Crippen LogP contribution in [0.2, 0.25) is 10.0 Å². The van der Waals surface area contributed by atoms with Gasteiger partial charge in [-0.25, -0.2) is 4.21 Å². The van der Waals surface area contributed by atoms with Crippen LogP contribution in [0, 0.1) is 13.8 Å². The molecule has 0 bridgehead atoms. The predicted molar refractivity (Wildman–Crippen MR) is 300 cm³/mol. The van der Waals surface area contributed by atoms with Gasteiger partial charge in [-0.3, -0.25) is 34.4 Å². The number of fused-ring (bicyclic) bond motifs is 1. The summed E-state index contributed by atoms with van der Waals surface area (Å²) in [5, 5.41) is 7.34. The maximum atomic E-state index is 11.6. The average Bonchev–Trinajstić information content (AvgIpc) is 3.31. The number of para-hydroxylation sites is 1. The molecular weight excluding hydrogens is 1170 g/mol. The fourth-order valence-corrected chi connectivity index (χ4v) is 10.4. The average molecular weight is 1230 g/mol. The maximum absolute atomic E-state index is 11.6. The van der Waals surface area contributed by atoms with Crippen LogP contribution >= 0.6 is 23.2 Å². The molecule has 16 N–H and O–H groups in total. The van der Waals surface area contributed by atoms with Crippen LogP contribution in [0.25, 0.3) is 10.8 Å². The fourth-order valence-electron chi connectivity index (χ4n) is 6.05. The quantitative estimate of drug-likeness (QED) is 0.0192. The number of hydrazine groups is 2. The summed E-state index contributed by atoms with van der Waals surface area (Å²) in [6.07, 6.45) is 0. The van der Waals surface area contributed by atoms with E-state index in [-0.39, 0.29) is 47.6 Å². The molecule has 420 valence electrons. The van der Waals surface area contributed by atoms with Gasteiger partial charge < -0.3 is 31.8 Å². The number of anilines is 6. The Kier molecular flexibility index (Phi) is 23.8. The molecule has 0 amide bonds. The van der Waals surface area contributed by atoms with Crippen molar-refractivity contribution >= 4 is 134 Å². The lowest BCUT2D eigenvalue weighted by molar-refractivity contribution is 0.481. The first kappa shape index (κ1) is 66.9. The van der Waals surface area contributed by atoms with Crippen molar-refractivity contribution in [1.82, 2.24) is 0 Å². The Morgan fingerprint density at radius 1 is 0.468 bits per heavy atom. The Balaban J connectivity index is 0.000000333. The highest BCUT2D eigenvalue weighted by molar-refractivity contribution is 7.95. The lowest BCUT2D eigenvalue weighted by Gasteiger charge is -2.12. The number of hydrogen-bond donors (Lipinski definition) is 13. The minimum Gasteiger partial charge on any atom is -0.398 e. The molecule has 7 aromatic rings. The molecule has 32 heteroatoms. The highest BCUT2D eigenvalue weighted by atomic mass is 35.5. The minimum atomic E-state index is -4.42. The third-order valence-electron chi connectivity index (χ3n) is 9.71. The first-order valence-electron chi connectivity index (χ1n) is 20.5. The molecule has 0 aliphatic carbocycles. The summed E-state index contributed by atoms with van der Waals surface area (Å²) in [6, 6.07) is 33.3. The SMILES string of the molecule is C.C=S(=O)(O)c1ccc(S(=O)(=O)O)c(N)c1.CNc1ccc(S(=O)(=O)O)cc1Cl.Cc1cc(S(=O)(=O)O)c(Cl)cc1NN.Cc1ccc(S(=O)(=O)O)cc1NN.O=S(=O)(O)c1cccc2cccc(Nc3ccccc3)c12. The third-order valence-corrected chi connectivity index (χ3v) is 15.9. The van der Waals surface area contributed by atoms with Gasteiger partial charge in [-0.1, -0.05) is 79.2 Å². The van der Waals surface area contributed by atoms with Crippen LogP contribution in [0.15, 0.2) is 163 Å². The van der Waals surface area contributed by atoms with Gasteiger partial charge in [0.15, 0.2) is 0 Å². The van der Waals surface area contributed by atoms with E-state index in [4.69, 9.17) is 63.4 Å². The van der Waals surface area contributed by atoms with E-state index in [9.17, 15) is 50.9 Å². The molecule has 77 heavy (non-hydrogen) atoms. The number of nitrogens with one attached hydrogen (secondary N) is 4. The topological polar surface area (TPSA) is 435 Å². The van der Waals surface area contributed by atoms with Crippen LogP contribution in [0.1, 0.15) is 18.6 Å². The molecule has 0 heterocycles. The van der Waals surface area contributed by atoms with Crippen LogP contribution in [-0.4, -0.2) is 86.5 Å². The van der Waals surface area contributed by atoms with E-state index < -0.39 is 65.3 Å². The first-order chi connectivity index (χ1) is 34.9. The lowest BCUT2D eigenvalue weighted by Crippen LogP contribution is -2.09. The molecule has 1 unspecified atom stereocenters. The molecule has 0 radical (unpaired) electrons. The van der Waals surface area contributed by atoms with Crippen molar-refractivity contribution in [3.8, 4) is 0 Å². The van der Waals surface area contributed by atoms with Crippen molar-refractivity contribution in [3.05, 3.63) is 155 Å². The normalized spacial score (nSPS) is 12.1. The van der Waals surface area contributed by atoms with Gasteiger partial charge in [-0.15, -0.1) is 0 Å². The number of hydrogen-bond acceptors (Lipinski definition) is 18. The Hall–Kier alpha value is -6.17. The zero-order chi connectivity index (χ0) is 57.8. The number of benzene rings is 7. The number of nitrogen functional groups attached to an aromatic ring is 3. The second-order valence-corrected chi connectivity index (χ2v) is 24.7. The summed E-state index contributed by atoms with van der Waals surface area (Å²) in [5.74, 6) is 13.3. The van der Waals surface area contributed by atoms with Gasteiger partial charge in [0.05, 0.1) is 47.5 Å². The van der Waals surface area contributed by atoms with E-state index in [1.54, 1.807) is 51.2 Å². The molecular formula is C45H53Cl2N7O17S6. The zero-order valence-electron chi connectivity index (χ0n) is 39.5. The zero-order valence-corrected chi connectivity index (χ0v) is 45.9. The Labute approximate surface area is 456 Å². The number of rotatable bonds is 11. The van der Waals surface area contributed by atoms with Crippen LogP contribution < -0.4 is 38.9 Å². The van der Waals surface area contributed by atoms with Crippen molar-refractivity contribution in [3.63, 3.8) is 0 Å². The summed E-state index contributed by atoms with van der Waals surface area (Å²) >= 11 is 11.3. The van der Waals surface area contributed by atoms with E-state index in [2.05, 4.69) is 27.4 Å². The largest absolute Gasteiger partial charge is 0.398 e. The minimum absolute atomic E-state index is 0. The summed E-state index contributed by atoms with van der Waals surface area (Å²) in [5.41, 5.74) is 14.1. The predicted octanol–water partition coefficient (Wildman–Crippen LogP) is 7.87. The molecule has 7 rings (SSSR count). The molecule has 1 atom stereocenters. The van der Waals surface area contributed by atoms with Crippen LogP contribution in [0.3, 0.4) is 0 Å². The molecule has 0 saturated heterocycles. The smallest absolute Gasteiger partial charge is 0.296 e. The molecule has 0 aliphatic heterocycles. The van der Waals surface area contributed by atoms with E-state index in [0.29, 0.717) is 33.7 Å². The van der Waals surface area contributed by atoms with E-state index in [1.165, 1.54) is 48.5 Å². The van der Waals surface area contributed by atoms with Crippen molar-refractivity contribution in [2.75, 3.05) is 34.3 Å². The molecule has 7 aromatic carbocycles. The summed E-state index contributed by atoms with van der Waals surface area (Å²) in [7, 11) is -23.1. The van der Waals surface area contributed by atoms with Gasteiger partial charge in [0.25, 0.3) is 50.6 Å². The number of halogens is 2. The van der Waals surface area contributed by atoms with Gasteiger partial charge in [0, 0.05) is 23.8 Å². The first-order valence-corrected chi connectivity index (χ1v) is 30.1. The number of nitrogens with two attached hydrogens (primary N) is 3. The lowest BCUT2D eigenvalue weighted by atomic mass is 10.1. The molecule has 24 nitrogen and oxygen atoms in total. The molecule has 0 aromatic heterocycles. The summed E-state index contributed by atoms with van der Waals surface area (Å²) in [4.78, 5) is -1.42. The molecule has 0 fully saturated rings. The Bertz CT molecular complexity index is 3930. The highest BCUT2D eigenvalue weighted by Crippen LogP contribution is 2.32. The van der Waals surface area contributed by atoms with E-state index >= 15 is 0 Å². The summed E-state index contributed by atoms with van der Waals surface area (Å²) in [6.45, 7) is 3.41. The van der Waals surface area contributed by atoms with Gasteiger partial charge in [-0.2, -0.15) is 42.1 Å². The second kappa shape index (κ2) is 27.4. The van der Waals surface area contributed by atoms with Crippen LogP contribution in [-0.2, 0) is 60.4 Å². The van der Waals surface area contributed by atoms with Gasteiger partial charge >= 0.3 is 0 Å². The monoisotopic (exact) mass is 1230 g/mol. The number of aryl methyl sites for hydroxylation is 2. The van der Waals surface area contributed by atoms with Crippen molar-refractivity contribution in [2.24, 2.45) is 11.7 Å². The maximum Gasteiger partial charge on any atom is 0.296 e. The second-order valence-electron chi connectivity index (χ2n) is 15.1. The molecule has 0 aliphatic rings. The van der Waals surface area contributed by atoms with Crippen LogP contribution in [0.5, 0.6) is 0 Å². The molecule has 0 saturated carbocycles. The van der Waals surface area contributed by atoms with Crippen molar-refractivity contribution in [2.45, 2.75) is 50.6 Å².